The van der Waals surface area contributed by atoms with E-state index in [0.717, 1.165) is 96.3 Å². The highest BCUT2D eigenvalue weighted by Gasteiger charge is 2.17. The molecule has 0 heterocycles. The number of carbonyl (C=O) groups is 2. The second kappa shape index (κ2) is 58.4. The Morgan fingerprint density at radius 2 is 0.662 bits per heavy atom. The average Bonchev–Trinajstić information content (AvgIpc) is 3.34. The van der Waals surface area contributed by atoms with Crippen molar-refractivity contribution in [3.63, 3.8) is 0 Å². The molecule has 392 valence electrons. The number of ether oxygens (including phenoxy) is 3. The Morgan fingerprint density at radius 1 is 0.338 bits per heavy atom. The van der Waals surface area contributed by atoms with Gasteiger partial charge in [0.15, 0.2) is 6.10 Å². The third-order valence-electron chi connectivity index (χ3n) is 12.4. The maximum atomic E-state index is 12.9. The van der Waals surface area contributed by atoms with Crippen LogP contribution in [-0.2, 0) is 23.8 Å². The summed E-state index contributed by atoms with van der Waals surface area (Å²) in [5, 5.41) is 0. The Labute approximate surface area is 422 Å². The smallest absolute Gasteiger partial charge is 0.306 e. The summed E-state index contributed by atoms with van der Waals surface area (Å²) in [6.07, 6.45) is 77.4. The number of hydrogen-bond acceptors (Lipinski definition) is 5. The highest BCUT2D eigenvalue weighted by molar-refractivity contribution is 5.70. The van der Waals surface area contributed by atoms with Crippen LogP contribution in [0, 0.1) is 0 Å². The fraction of sp³-hybridized carbons (Fsp3) is 0.746. The van der Waals surface area contributed by atoms with Crippen LogP contribution in [0.4, 0.5) is 0 Å². The number of hydrogen-bond donors (Lipinski definition) is 0. The van der Waals surface area contributed by atoms with E-state index in [9.17, 15) is 9.59 Å². The molecule has 0 aliphatic carbocycles. The molecule has 1 atom stereocenters. The van der Waals surface area contributed by atoms with Gasteiger partial charge in [-0.3, -0.25) is 9.59 Å². The molecule has 0 saturated carbocycles. The summed E-state index contributed by atoms with van der Waals surface area (Å²) in [6.45, 7) is 7.67. The van der Waals surface area contributed by atoms with Crippen LogP contribution in [0.5, 0.6) is 0 Å². The van der Waals surface area contributed by atoms with Crippen molar-refractivity contribution in [1.29, 1.82) is 0 Å². The molecule has 0 aromatic rings. The molecular weight excluding hydrogens is 837 g/mol. The first kappa shape index (κ1) is 65.1. The van der Waals surface area contributed by atoms with E-state index in [1.807, 2.05) is 0 Å². The minimum absolute atomic E-state index is 0.0684. The summed E-state index contributed by atoms with van der Waals surface area (Å²) < 4.78 is 17.5. The van der Waals surface area contributed by atoms with Gasteiger partial charge >= 0.3 is 11.9 Å². The summed E-state index contributed by atoms with van der Waals surface area (Å²) in [4.78, 5) is 25.5. The highest BCUT2D eigenvalue weighted by Crippen LogP contribution is 2.14. The van der Waals surface area contributed by atoms with E-state index < -0.39 is 6.10 Å². The van der Waals surface area contributed by atoms with Gasteiger partial charge in [0.05, 0.1) is 6.61 Å². The van der Waals surface area contributed by atoms with Gasteiger partial charge in [0.2, 0.25) is 0 Å². The van der Waals surface area contributed by atoms with Crippen LogP contribution in [0.3, 0.4) is 0 Å². The van der Waals surface area contributed by atoms with Crippen molar-refractivity contribution >= 4 is 11.9 Å². The number of rotatable bonds is 53. The van der Waals surface area contributed by atoms with Crippen LogP contribution in [-0.4, -0.2) is 37.9 Å². The minimum atomic E-state index is -0.556. The van der Waals surface area contributed by atoms with Crippen molar-refractivity contribution in [2.75, 3.05) is 19.8 Å². The van der Waals surface area contributed by atoms with Crippen LogP contribution in [0.2, 0.25) is 0 Å². The van der Waals surface area contributed by atoms with Gasteiger partial charge < -0.3 is 14.2 Å². The first-order valence-corrected chi connectivity index (χ1v) is 29.1. The van der Waals surface area contributed by atoms with Crippen LogP contribution in [0.25, 0.3) is 0 Å². The molecule has 0 fully saturated rings. The van der Waals surface area contributed by atoms with E-state index in [4.69, 9.17) is 14.2 Å². The van der Waals surface area contributed by atoms with Gasteiger partial charge in [-0.15, -0.1) is 0 Å². The van der Waals surface area contributed by atoms with Crippen molar-refractivity contribution in [3.8, 4) is 0 Å². The van der Waals surface area contributed by atoms with Gasteiger partial charge in [0.25, 0.3) is 0 Å². The summed E-state index contributed by atoms with van der Waals surface area (Å²) in [5.74, 6) is -0.425. The Balaban J connectivity index is 4.32. The lowest BCUT2D eigenvalue weighted by molar-refractivity contribution is -0.163. The zero-order valence-electron chi connectivity index (χ0n) is 45.1. The van der Waals surface area contributed by atoms with Crippen LogP contribution < -0.4 is 0 Å². The fourth-order valence-electron chi connectivity index (χ4n) is 8.06. The second-order valence-electron chi connectivity index (χ2n) is 19.2. The van der Waals surface area contributed by atoms with E-state index >= 15 is 0 Å². The van der Waals surface area contributed by atoms with Crippen LogP contribution in [0.15, 0.2) is 85.1 Å². The largest absolute Gasteiger partial charge is 0.462 e. The van der Waals surface area contributed by atoms with Crippen molar-refractivity contribution in [1.82, 2.24) is 0 Å². The maximum Gasteiger partial charge on any atom is 0.306 e. The van der Waals surface area contributed by atoms with Crippen LogP contribution in [0.1, 0.15) is 278 Å². The lowest BCUT2D eigenvalue weighted by atomic mass is 10.1. The van der Waals surface area contributed by atoms with E-state index in [1.165, 1.54) is 148 Å². The monoisotopic (exact) mass is 947 g/mol. The quantitative estimate of drug-likeness (QED) is 0.0345. The first-order chi connectivity index (χ1) is 33.6. The van der Waals surface area contributed by atoms with Crippen molar-refractivity contribution in [2.45, 2.75) is 284 Å². The number of unbranched alkanes of at least 4 members (excludes halogenated alkanes) is 28. The highest BCUT2D eigenvalue weighted by atomic mass is 16.6. The number of carbonyl (C=O) groups excluding carboxylic acids is 2. The van der Waals surface area contributed by atoms with E-state index in [1.54, 1.807) is 0 Å². The molecule has 0 N–H and O–H groups in total. The SMILES string of the molecule is CC/C=C\C/C=C\C/C=C\C/C=C\CCCCCCCCC(=O)OCC(COCCCCCCCCCC/C=C\CCCCCCCC)OC(=O)CCCCCCC/C=C\C/C=C\CCCCC. The molecular formula is C63H110O5. The molecule has 5 heteroatoms. The van der Waals surface area contributed by atoms with Crippen molar-refractivity contribution < 1.29 is 23.8 Å². The Morgan fingerprint density at radius 3 is 1.10 bits per heavy atom. The van der Waals surface area contributed by atoms with Gasteiger partial charge in [0.1, 0.15) is 6.61 Å². The minimum Gasteiger partial charge on any atom is -0.462 e. The number of esters is 2. The third-order valence-corrected chi connectivity index (χ3v) is 12.4. The Bertz CT molecular complexity index is 1250. The molecule has 0 rings (SSSR count). The molecule has 68 heavy (non-hydrogen) atoms. The Kier molecular flexibility index (Phi) is 55.9. The fourth-order valence-corrected chi connectivity index (χ4v) is 8.06. The first-order valence-electron chi connectivity index (χ1n) is 29.1. The average molecular weight is 948 g/mol. The topological polar surface area (TPSA) is 61.8 Å². The molecule has 0 spiro atoms. The van der Waals surface area contributed by atoms with Gasteiger partial charge in [-0.05, 0) is 116 Å². The maximum absolute atomic E-state index is 12.9. The molecule has 0 aliphatic rings. The van der Waals surface area contributed by atoms with E-state index in [2.05, 4.69) is 106 Å². The molecule has 0 radical (unpaired) electrons. The molecule has 0 saturated heterocycles. The molecule has 0 aromatic carbocycles. The predicted molar refractivity (Wildman–Crippen MR) is 297 cm³/mol. The zero-order valence-corrected chi connectivity index (χ0v) is 45.1. The van der Waals surface area contributed by atoms with Gasteiger partial charge in [0, 0.05) is 19.4 Å². The van der Waals surface area contributed by atoms with Gasteiger partial charge in [-0.2, -0.15) is 0 Å². The standard InChI is InChI=1S/C63H110O5/c1-4-7-10-13-16-19-22-25-28-30-32-33-36-38-41-44-47-50-53-56-62(64)67-60-61(68-63(65)57-54-51-48-45-42-39-35-27-24-21-18-15-12-9-6-3)59-66-58-55-52-49-46-43-40-37-34-31-29-26-23-20-17-14-11-8-5-2/h7,10,16,18-19,21,25-29,32-33,35,61H,4-6,8-9,11-15,17,20,22-24,30-31,34,36-60H2,1-3H3/b10-7-,19-16-,21-18-,28-25-,29-26-,33-32-,35-27-. The van der Waals surface area contributed by atoms with Gasteiger partial charge in [-0.25, -0.2) is 0 Å². The molecule has 1 unspecified atom stereocenters. The lowest BCUT2D eigenvalue weighted by Gasteiger charge is -2.18. The summed E-state index contributed by atoms with van der Waals surface area (Å²) in [6, 6.07) is 0. The Hall–Kier alpha value is -2.92. The molecule has 5 nitrogen and oxygen atoms in total. The van der Waals surface area contributed by atoms with E-state index in [-0.39, 0.29) is 25.2 Å². The molecule has 0 bridgehead atoms. The summed E-state index contributed by atoms with van der Waals surface area (Å²) >= 11 is 0. The third kappa shape index (κ3) is 55.7. The number of allylic oxidation sites excluding steroid dienone is 14. The van der Waals surface area contributed by atoms with Crippen molar-refractivity contribution in [2.24, 2.45) is 0 Å². The van der Waals surface area contributed by atoms with E-state index in [0.29, 0.717) is 19.4 Å². The molecule has 0 aromatic heterocycles. The van der Waals surface area contributed by atoms with Crippen molar-refractivity contribution in [3.05, 3.63) is 85.1 Å². The molecule has 0 amide bonds. The van der Waals surface area contributed by atoms with Gasteiger partial charge in [-0.1, -0.05) is 234 Å². The summed E-state index contributed by atoms with van der Waals surface area (Å²) in [5.41, 5.74) is 0. The molecule has 0 aliphatic heterocycles. The summed E-state index contributed by atoms with van der Waals surface area (Å²) in [7, 11) is 0. The second-order valence-corrected chi connectivity index (χ2v) is 19.2. The zero-order chi connectivity index (χ0) is 49.2. The lowest BCUT2D eigenvalue weighted by Crippen LogP contribution is -2.30. The van der Waals surface area contributed by atoms with Crippen LogP contribution >= 0.6 is 0 Å². The predicted octanol–water partition coefficient (Wildman–Crippen LogP) is 20.0. The normalized spacial score (nSPS) is 12.8.